The lowest BCUT2D eigenvalue weighted by molar-refractivity contribution is -0.117. The van der Waals surface area contributed by atoms with E-state index < -0.39 is 0 Å². The third kappa shape index (κ3) is 2.74. The molecule has 1 aromatic carbocycles. The second-order valence-electron chi connectivity index (χ2n) is 4.08. The molecular weight excluding hydrogens is 264 g/mol. The van der Waals surface area contributed by atoms with Crippen LogP contribution in [-0.2, 0) is 4.79 Å². The first-order valence-corrected chi connectivity index (χ1v) is 6.94. The minimum atomic E-state index is -0.126. The Bertz CT molecular complexity index is 566. The van der Waals surface area contributed by atoms with E-state index in [0.717, 1.165) is 22.9 Å². The molecule has 2 heterocycles. The van der Waals surface area contributed by atoms with Crippen LogP contribution in [0.1, 0.15) is 0 Å². The number of hydrogen-bond acceptors (Lipinski definition) is 6. The molecule has 3 N–H and O–H groups in total. The molecule has 1 aliphatic rings. The van der Waals surface area contributed by atoms with Crippen LogP contribution < -0.4 is 10.6 Å². The topological polar surface area (TPSA) is 95.6 Å². The number of aromatic amines is 1. The molecule has 1 aliphatic heterocycles. The smallest absolute Gasteiger partial charge is 0.242 e. The maximum absolute atomic E-state index is 12.0. The van der Waals surface area contributed by atoms with Crippen LogP contribution in [0.3, 0.4) is 0 Å². The second-order valence-corrected chi connectivity index (χ2v) is 5.11. The van der Waals surface area contributed by atoms with Crippen LogP contribution in [0.15, 0.2) is 24.3 Å². The summed E-state index contributed by atoms with van der Waals surface area (Å²) in [6.45, 7) is 0. The quantitative estimate of drug-likeness (QED) is 0.754. The predicted octanol–water partition coefficient (Wildman–Crippen LogP) is 0.468. The van der Waals surface area contributed by atoms with Gasteiger partial charge in [0.2, 0.25) is 11.7 Å². The lowest BCUT2D eigenvalue weighted by atomic mass is 10.2. The highest BCUT2D eigenvalue weighted by atomic mass is 32.2. The van der Waals surface area contributed by atoms with Gasteiger partial charge in [-0.3, -0.25) is 10.1 Å². The van der Waals surface area contributed by atoms with Gasteiger partial charge in [-0.1, -0.05) is 12.1 Å². The van der Waals surface area contributed by atoms with Crippen molar-refractivity contribution < 1.29 is 4.79 Å². The highest BCUT2D eigenvalue weighted by Gasteiger charge is 2.22. The van der Waals surface area contributed by atoms with Crippen molar-refractivity contribution in [3.8, 4) is 11.4 Å². The Morgan fingerprint density at radius 1 is 1.47 bits per heavy atom. The second kappa shape index (κ2) is 5.37. The minimum Gasteiger partial charge on any atom is -0.325 e. The van der Waals surface area contributed by atoms with Gasteiger partial charge in [-0.15, -0.1) is 22.0 Å². The summed E-state index contributed by atoms with van der Waals surface area (Å²) in [4.78, 5) is 12.0. The van der Waals surface area contributed by atoms with E-state index >= 15 is 0 Å². The third-order valence-corrected chi connectivity index (χ3v) is 3.71. The van der Waals surface area contributed by atoms with Crippen LogP contribution in [0.25, 0.3) is 11.4 Å². The molecule has 1 saturated heterocycles. The van der Waals surface area contributed by atoms with E-state index in [1.54, 1.807) is 11.8 Å². The number of carbonyl (C=O) groups is 1. The van der Waals surface area contributed by atoms with Crippen LogP contribution in [0.2, 0.25) is 0 Å². The maximum Gasteiger partial charge on any atom is 0.242 e. The molecule has 0 aliphatic carbocycles. The summed E-state index contributed by atoms with van der Waals surface area (Å²) in [5.41, 5.74) is 1.53. The van der Waals surface area contributed by atoms with Crippen molar-refractivity contribution in [2.45, 2.75) is 6.04 Å². The number of aromatic nitrogens is 4. The maximum atomic E-state index is 12.0. The Morgan fingerprint density at radius 2 is 2.42 bits per heavy atom. The first-order chi connectivity index (χ1) is 9.33. The Kier molecular flexibility index (Phi) is 3.43. The van der Waals surface area contributed by atoms with Crippen LogP contribution in [0, 0.1) is 0 Å². The molecule has 1 amide bonds. The Morgan fingerprint density at radius 3 is 3.16 bits per heavy atom. The average Bonchev–Trinajstić information content (AvgIpc) is 3.13. The van der Waals surface area contributed by atoms with Gasteiger partial charge in [0.05, 0.1) is 6.04 Å². The van der Waals surface area contributed by atoms with Gasteiger partial charge in [0.1, 0.15) is 0 Å². The molecule has 1 unspecified atom stereocenters. The summed E-state index contributed by atoms with van der Waals surface area (Å²) in [6, 6.07) is 7.25. The number of hydrogen-bond donors (Lipinski definition) is 3. The van der Waals surface area contributed by atoms with E-state index in [0.29, 0.717) is 5.82 Å². The first-order valence-electron chi connectivity index (χ1n) is 5.79. The highest BCUT2D eigenvalue weighted by molar-refractivity contribution is 7.99. The number of thioether (sulfide) groups is 1. The van der Waals surface area contributed by atoms with Crippen molar-refractivity contribution >= 4 is 23.4 Å². The number of tetrazole rings is 1. The van der Waals surface area contributed by atoms with Crippen molar-refractivity contribution in [1.82, 2.24) is 25.9 Å². The number of benzene rings is 1. The molecule has 0 bridgehead atoms. The molecule has 0 saturated carbocycles. The molecule has 8 heteroatoms. The van der Waals surface area contributed by atoms with Crippen molar-refractivity contribution in [3.63, 3.8) is 0 Å². The van der Waals surface area contributed by atoms with E-state index in [2.05, 4.69) is 31.3 Å². The van der Waals surface area contributed by atoms with Crippen molar-refractivity contribution in [3.05, 3.63) is 24.3 Å². The lowest BCUT2D eigenvalue weighted by Gasteiger charge is -2.10. The third-order valence-electron chi connectivity index (χ3n) is 2.77. The molecule has 2 aromatic rings. The molecule has 3 rings (SSSR count). The molecule has 1 atom stereocenters. The normalized spacial score (nSPS) is 18.4. The summed E-state index contributed by atoms with van der Waals surface area (Å²) < 4.78 is 0. The monoisotopic (exact) mass is 276 g/mol. The molecule has 19 heavy (non-hydrogen) atoms. The fraction of sp³-hybridized carbons (Fsp3) is 0.273. The van der Waals surface area contributed by atoms with Gasteiger partial charge in [-0.2, -0.15) is 5.21 Å². The number of H-pyrrole nitrogens is 1. The molecule has 1 fully saturated rings. The SMILES string of the molecule is O=C(Nc1cccc(-c2nn[nH]n2)c1)C1CSCN1. The Hall–Kier alpha value is -1.93. The van der Waals surface area contributed by atoms with Crippen LogP contribution in [0.5, 0.6) is 0 Å². The fourth-order valence-electron chi connectivity index (χ4n) is 1.81. The van der Waals surface area contributed by atoms with E-state index in [4.69, 9.17) is 0 Å². The van der Waals surface area contributed by atoms with Crippen molar-refractivity contribution in [2.24, 2.45) is 0 Å². The van der Waals surface area contributed by atoms with E-state index in [1.807, 2.05) is 24.3 Å². The van der Waals surface area contributed by atoms with Gasteiger partial charge in [0, 0.05) is 22.9 Å². The zero-order chi connectivity index (χ0) is 13.1. The van der Waals surface area contributed by atoms with Gasteiger partial charge in [-0.25, -0.2) is 0 Å². The minimum absolute atomic E-state index is 0.0183. The zero-order valence-electron chi connectivity index (χ0n) is 9.96. The van der Waals surface area contributed by atoms with E-state index in [-0.39, 0.29) is 11.9 Å². The molecule has 7 nitrogen and oxygen atoms in total. The number of rotatable bonds is 3. The van der Waals surface area contributed by atoms with Gasteiger partial charge < -0.3 is 5.32 Å². The van der Waals surface area contributed by atoms with E-state index in [9.17, 15) is 4.79 Å². The predicted molar refractivity (Wildman–Crippen MR) is 72.5 cm³/mol. The number of nitrogens with one attached hydrogen (secondary N) is 3. The summed E-state index contributed by atoms with van der Waals surface area (Å²) in [5.74, 6) is 2.11. The number of nitrogens with zero attached hydrogens (tertiary/aromatic N) is 3. The molecular formula is C11H12N6OS. The molecule has 0 radical (unpaired) electrons. The number of anilines is 1. The van der Waals surface area contributed by atoms with Crippen molar-refractivity contribution in [1.29, 1.82) is 0 Å². The van der Waals surface area contributed by atoms with Gasteiger partial charge >= 0.3 is 0 Å². The van der Waals surface area contributed by atoms with Crippen LogP contribution >= 0.6 is 11.8 Å². The van der Waals surface area contributed by atoms with E-state index in [1.165, 1.54) is 0 Å². The van der Waals surface area contributed by atoms with Gasteiger partial charge in [0.15, 0.2) is 0 Å². The standard InChI is InChI=1S/C11H12N6OS/c18-11(9-5-19-6-12-9)13-8-3-1-2-7(4-8)10-14-16-17-15-10/h1-4,9,12H,5-6H2,(H,13,18)(H,14,15,16,17). The lowest BCUT2D eigenvalue weighted by Crippen LogP contribution is -2.37. The van der Waals surface area contributed by atoms with Crippen molar-refractivity contribution in [2.75, 3.05) is 16.9 Å². The first kappa shape index (κ1) is 12.1. The number of carbonyl (C=O) groups excluding carboxylic acids is 1. The summed E-state index contributed by atoms with van der Waals surface area (Å²) in [5, 5.41) is 19.8. The van der Waals surface area contributed by atoms with Gasteiger partial charge in [0.25, 0.3) is 0 Å². The van der Waals surface area contributed by atoms with Gasteiger partial charge in [-0.05, 0) is 17.3 Å². The highest BCUT2D eigenvalue weighted by Crippen LogP contribution is 2.19. The largest absolute Gasteiger partial charge is 0.325 e. The molecule has 0 spiro atoms. The molecule has 1 aromatic heterocycles. The number of amides is 1. The summed E-state index contributed by atoms with van der Waals surface area (Å²) >= 11 is 1.72. The van der Waals surface area contributed by atoms with Crippen LogP contribution in [-0.4, -0.2) is 44.2 Å². The Balaban J connectivity index is 1.74. The summed E-state index contributed by atoms with van der Waals surface area (Å²) in [7, 11) is 0. The summed E-state index contributed by atoms with van der Waals surface area (Å²) in [6.07, 6.45) is 0. The van der Waals surface area contributed by atoms with Crippen LogP contribution in [0.4, 0.5) is 5.69 Å². The molecule has 98 valence electrons. The Labute approximate surface area is 113 Å². The zero-order valence-corrected chi connectivity index (χ0v) is 10.8. The average molecular weight is 276 g/mol. The fourth-order valence-corrected chi connectivity index (χ4v) is 2.75.